The Morgan fingerprint density at radius 1 is 1.10 bits per heavy atom. The van der Waals surface area contributed by atoms with Gasteiger partial charge >= 0.3 is 0 Å². The van der Waals surface area contributed by atoms with Crippen molar-refractivity contribution in [2.75, 3.05) is 26.2 Å². The summed E-state index contributed by atoms with van der Waals surface area (Å²) in [7, 11) is 0. The van der Waals surface area contributed by atoms with E-state index in [1.807, 2.05) is 12.1 Å². The van der Waals surface area contributed by atoms with Crippen LogP contribution < -0.4 is 10.5 Å². The van der Waals surface area contributed by atoms with Gasteiger partial charge in [0.2, 0.25) is 0 Å². The van der Waals surface area contributed by atoms with Gasteiger partial charge in [-0.05, 0) is 43.6 Å². The minimum Gasteiger partial charge on any atom is -0.494 e. The summed E-state index contributed by atoms with van der Waals surface area (Å²) >= 11 is 0. The van der Waals surface area contributed by atoms with E-state index in [2.05, 4.69) is 37.8 Å². The Morgan fingerprint density at radius 3 is 2.35 bits per heavy atom. The molecule has 0 saturated carbocycles. The maximum atomic E-state index is 6.31. The van der Waals surface area contributed by atoms with Crippen molar-refractivity contribution in [3.05, 3.63) is 29.8 Å². The first-order chi connectivity index (χ1) is 9.71. The summed E-state index contributed by atoms with van der Waals surface area (Å²) in [5.41, 5.74) is 7.49. The minimum atomic E-state index is 0.0760. The van der Waals surface area contributed by atoms with Gasteiger partial charge in [0.05, 0.1) is 6.61 Å². The lowest BCUT2D eigenvalue weighted by Crippen LogP contribution is -2.32. The van der Waals surface area contributed by atoms with Crippen molar-refractivity contribution in [3.8, 4) is 5.75 Å². The number of ether oxygens (including phenoxy) is 1. The maximum absolute atomic E-state index is 6.31. The number of benzene rings is 1. The monoisotopic (exact) mass is 278 g/mol. The predicted molar refractivity (Wildman–Crippen MR) is 86.2 cm³/mol. The van der Waals surface area contributed by atoms with E-state index in [1.54, 1.807) is 0 Å². The molecule has 2 N–H and O–H groups in total. The molecule has 0 heterocycles. The fourth-order valence-electron chi connectivity index (χ4n) is 2.17. The van der Waals surface area contributed by atoms with Crippen molar-refractivity contribution in [1.82, 2.24) is 4.90 Å². The normalized spacial score (nSPS) is 12.7. The Labute approximate surface area is 124 Å². The highest BCUT2D eigenvalue weighted by atomic mass is 16.5. The highest BCUT2D eigenvalue weighted by molar-refractivity contribution is 5.29. The van der Waals surface area contributed by atoms with Crippen molar-refractivity contribution in [2.24, 2.45) is 5.73 Å². The van der Waals surface area contributed by atoms with Crippen molar-refractivity contribution in [2.45, 2.75) is 46.1 Å². The molecule has 20 heavy (non-hydrogen) atoms. The van der Waals surface area contributed by atoms with Crippen molar-refractivity contribution in [3.63, 3.8) is 0 Å². The summed E-state index contributed by atoms with van der Waals surface area (Å²) in [6.45, 7) is 10.4. The maximum Gasteiger partial charge on any atom is 0.119 e. The summed E-state index contributed by atoms with van der Waals surface area (Å²) in [5, 5.41) is 0. The molecule has 0 spiro atoms. The van der Waals surface area contributed by atoms with Crippen LogP contribution in [0, 0.1) is 0 Å². The van der Waals surface area contributed by atoms with Gasteiger partial charge in [0, 0.05) is 12.6 Å². The first-order valence-electron chi connectivity index (χ1n) is 7.91. The molecule has 114 valence electrons. The molecule has 0 aromatic heterocycles. The zero-order chi connectivity index (χ0) is 14.8. The number of hydrogen-bond acceptors (Lipinski definition) is 3. The number of nitrogens with two attached hydrogens (primary N) is 1. The molecule has 0 saturated heterocycles. The molecule has 0 aliphatic heterocycles. The molecule has 1 aromatic carbocycles. The Balaban J connectivity index is 2.51. The van der Waals surface area contributed by atoms with Gasteiger partial charge in [-0.1, -0.05) is 39.3 Å². The zero-order valence-corrected chi connectivity index (χ0v) is 13.3. The lowest BCUT2D eigenvalue weighted by atomic mass is 10.1. The number of hydrogen-bond donors (Lipinski definition) is 1. The van der Waals surface area contributed by atoms with Crippen LogP contribution in [0.5, 0.6) is 5.75 Å². The third-order valence-electron chi connectivity index (χ3n) is 3.51. The van der Waals surface area contributed by atoms with E-state index in [0.717, 1.165) is 38.4 Å². The highest BCUT2D eigenvalue weighted by Crippen LogP contribution is 2.17. The Kier molecular flexibility index (Phi) is 8.31. The average molecular weight is 278 g/mol. The first-order valence-corrected chi connectivity index (χ1v) is 7.91. The molecule has 1 unspecified atom stereocenters. The number of nitrogens with zero attached hydrogens (tertiary/aromatic N) is 1. The molecule has 0 fully saturated rings. The van der Waals surface area contributed by atoms with Crippen LogP contribution in [0.2, 0.25) is 0 Å². The van der Waals surface area contributed by atoms with Gasteiger partial charge < -0.3 is 15.4 Å². The Bertz CT molecular complexity index is 351. The number of unbranched alkanes of at least 4 members (excludes halogenated alkanes) is 1. The molecule has 3 heteroatoms. The second-order valence-electron chi connectivity index (χ2n) is 5.27. The van der Waals surface area contributed by atoms with Crippen LogP contribution >= 0.6 is 0 Å². The van der Waals surface area contributed by atoms with Gasteiger partial charge in [0.25, 0.3) is 0 Å². The van der Waals surface area contributed by atoms with E-state index in [4.69, 9.17) is 10.5 Å². The smallest absolute Gasteiger partial charge is 0.119 e. The summed E-state index contributed by atoms with van der Waals surface area (Å²) in [6.07, 6.45) is 3.50. The van der Waals surface area contributed by atoms with Crippen LogP contribution in [0.1, 0.15) is 51.6 Å². The van der Waals surface area contributed by atoms with E-state index in [1.165, 1.54) is 18.4 Å². The highest BCUT2D eigenvalue weighted by Gasteiger charge is 2.11. The minimum absolute atomic E-state index is 0.0760. The molecule has 0 aliphatic rings. The fourth-order valence-corrected chi connectivity index (χ4v) is 2.17. The molecule has 0 aliphatic carbocycles. The summed E-state index contributed by atoms with van der Waals surface area (Å²) in [6, 6.07) is 8.29. The molecule has 0 bridgehead atoms. The molecule has 3 nitrogen and oxygen atoms in total. The van der Waals surface area contributed by atoms with Gasteiger partial charge in [0.15, 0.2) is 0 Å². The van der Waals surface area contributed by atoms with E-state index in [0.29, 0.717) is 0 Å². The van der Waals surface area contributed by atoms with E-state index < -0.39 is 0 Å². The lowest BCUT2D eigenvalue weighted by Gasteiger charge is -2.24. The number of rotatable bonds is 10. The van der Waals surface area contributed by atoms with E-state index in [9.17, 15) is 0 Å². The van der Waals surface area contributed by atoms with Gasteiger partial charge in [-0.25, -0.2) is 0 Å². The van der Waals surface area contributed by atoms with Crippen molar-refractivity contribution >= 4 is 0 Å². The Hall–Kier alpha value is -1.06. The summed E-state index contributed by atoms with van der Waals surface area (Å²) in [4.78, 5) is 2.43. The van der Waals surface area contributed by atoms with Crippen LogP contribution in [0.15, 0.2) is 24.3 Å². The average Bonchev–Trinajstić information content (AvgIpc) is 2.49. The molecule has 1 aromatic rings. The molecule has 0 amide bonds. The van der Waals surface area contributed by atoms with Gasteiger partial charge in [-0.3, -0.25) is 0 Å². The SMILES string of the molecule is CCCCN(CC)CC(N)c1ccc(OCCC)cc1. The largest absolute Gasteiger partial charge is 0.494 e. The second-order valence-corrected chi connectivity index (χ2v) is 5.27. The number of likely N-dealkylation sites (N-methyl/N-ethyl adjacent to an activating group) is 1. The summed E-state index contributed by atoms with van der Waals surface area (Å²) in [5.74, 6) is 0.932. The van der Waals surface area contributed by atoms with E-state index >= 15 is 0 Å². The van der Waals surface area contributed by atoms with E-state index in [-0.39, 0.29) is 6.04 Å². The van der Waals surface area contributed by atoms with Crippen LogP contribution in [0.25, 0.3) is 0 Å². The van der Waals surface area contributed by atoms with Crippen LogP contribution in [-0.2, 0) is 0 Å². The van der Waals surface area contributed by atoms with Gasteiger partial charge in [-0.2, -0.15) is 0 Å². The Morgan fingerprint density at radius 2 is 1.80 bits per heavy atom. The molecular formula is C17H30N2O. The van der Waals surface area contributed by atoms with Crippen LogP contribution in [-0.4, -0.2) is 31.1 Å². The molecule has 0 radical (unpaired) electrons. The fraction of sp³-hybridized carbons (Fsp3) is 0.647. The summed E-state index contributed by atoms with van der Waals surface area (Å²) < 4.78 is 5.59. The molecular weight excluding hydrogens is 248 g/mol. The van der Waals surface area contributed by atoms with Crippen LogP contribution in [0.3, 0.4) is 0 Å². The second kappa shape index (κ2) is 9.78. The topological polar surface area (TPSA) is 38.5 Å². The zero-order valence-electron chi connectivity index (χ0n) is 13.3. The predicted octanol–water partition coefficient (Wildman–Crippen LogP) is 3.60. The van der Waals surface area contributed by atoms with Gasteiger partial charge in [-0.15, -0.1) is 0 Å². The third kappa shape index (κ3) is 5.93. The van der Waals surface area contributed by atoms with Crippen molar-refractivity contribution < 1.29 is 4.74 Å². The lowest BCUT2D eigenvalue weighted by molar-refractivity contribution is 0.266. The molecule has 1 rings (SSSR count). The van der Waals surface area contributed by atoms with Crippen molar-refractivity contribution in [1.29, 1.82) is 0 Å². The quantitative estimate of drug-likeness (QED) is 0.710. The first kappa shape index (κ1) is 17.0. The van der Waals surface area contributed by atoms with Crippen LogP contribution in [0.4, 0.5) is 0 Å². The standard InChI is InChI=1S/C17H30N2O/c1-4-7-12-19(6-3)14-17(18)15-8-10-16(11-9-15)20-13-5-2/h8-11,17H,4-7,12-14,18H2,1-3H3. The third-order valence-corrected chi connectivity index (χ3v) is 3.51. The van der Waals surface area contributed by atoms with Gasteiger partial charge in [0.1, 0.15) is 5.75 Å². The molecule has 1 atom stereocenters.